The highest BCUT2D eigenvalue weighted by Gasteiger charge is 2.39. The van der Waals surface area contributed by atoms with Gasteiger partial charge in [0.05, 0.1) is 15.9 Å². The van der Waals surface area contributed by atoms with Gasteiger partial charge < -0.3 is 15.1 Å². The summed E-state index contributed by atoms with van der Waals surface area (Å²) in [6.45, 7) is 0.124. The highest BCUT2D eigenvalue weighted by molar-refractivity contribution is 7.89. The van der Waals surface area contributed by atoms with Crippen LogP contribution in [0.1, 0.15) is 12.8 Å². The number of aromatic amines is 2. The van der Waals surface area contributed by atoms with Crippen molar-refractivity contribution in [1.82, 2.24) is 14.3 Å². The average molecular weight is 339 g/mol. The Morgan fingerprint density at radius 2 is 1.83 bits per heavy atom. The number of carboxylic acid groups (broad SMARTS) is 1. The van der Waals surface area contributed by atoms with E-state index in [2.05, 4.69) is 9.97 Å². The normalized spacial score (nSPS) is 19.2. The van der Waals surface area contributed by atoms with Crippen molar-refractivity contribution < 1.29 is 18.3 Å². The Balaban J connectivity index is 2.11. The predicted molar refractivity (Wildman–Crippen MR) is 79.7 cm³/mol. The highest BCUT2D eigenvalue weighted by Crippen LogP contribution is 2.27. The fourth-order valence-electron chi connectivity index (χ4n) is 2.66. The van der Waals surface area contributed by atoms with Gasteiger partial charge in [0.1, 0.15) is 6.04 Å². The Kier molecular flexibility index (Phi) is 3.57. The van der Waals surface area contributed by atoms with Crippen LogP contribution in [0.4, 0.5) is 0 Å². The molecule has 0 spiro atoms. The Hall–Kier alpha value is -2.46. The topological polar surface area (TPSA) is 140 Å². The lowest BCUT2D eigenvalue weighted by molar-refractivity contribution is -0.140. The van der Waals surface area contributed by atoms with Crippen molar-refractivity contribution in [2.45, 2.75) is 23.8 Å². The summed E-state index contributed by atoms with van der Waals surface area (Å²) in [5.41, 5.74) is -1.29. The largest absolute Gasteiger partial charge is 0.480 e. The molecule has 1 fully saturated rings. The number of hydrogen-bond donors (Lipinski definition) is 3. The standard InChI is InChI=1S/C13H13N3O6S/c17-11-12(18)15-9-6-7(3-4-8(9)14-11)23(21,22)16-5-1-2-10(16)13(19)20/h3-4,6,10H,1-2,5H2,(H,14,17)(H,15,18)(H,19,20)/t10-/m0/s1. The summed E-state index contributed by atoms with van der Waals surface area (Å²) in [7, 11) is -4.01. The Morgan fingerprint density at radius 3 is 2.48 bits per heavy atom. The summed E-state index contributed by atoms with van der Waals surface area (Å²) in [5.74, 6) is -1.19. The van der Waals surface area contributed by atoms with Crippen LogP contribution in [0.2, 0.25) is 0 Å². The molecule has 10 heteroatoms. The van der Waals surface area contributed by atoms with E-state index < -0.39 is 33.2 Å². The molecular weight excluding hydrogens is 326 g/mol. The number of sulfonamides is 1. The van der Waals surface area contributed by atoms with Crippen LogP contribution in [0.3, 0.4) is 0 Å². The first kappa shape index (κ1) is 15.4. The van der Waals surface area contributed by atoms with E-state index in [1.807, 2.05) is 0 Å². The number of aliphatic carboxylic acids is 1. The number of carboxylic acids is 1. The lowest BCUT2D eigenvalue weighted by Crippen LogP contribution is -2.40. The third-order valence-electron chi connectivity index (χ3n) is 3.79. The maximum absolute atomic E-state index is 12.6. The van der Waals surface area contributed by atoms with Crippen molar-refractivity contribution in [3.8, 4) is 0 Å². The van der Waals surface area contributed by atoms with Crippen molar-refractivity contribution in [2.75, 3.05) is 6.54 Å². The summed E-state index contributed by atoms with van der Waals surface area (Å²) in [6.07, 6.45) is 0.722. The molecule has 3 N–H and O–H groups in total. The molecule has 1 saturated heterocycles. The number of nitrogens with one attached hydrogen (secondary N) is 2. The fourth-order valence-corrected chi connectivity index (χ4v) is 4.34. The van der Waals surface area contributed by atoms with Gasteiger partial charge >= 0.3 is 17.1 Å². The molecule has 122 valence electrons. The minimum Gasteiger partial charge on any atom is -0.480 e. The number of rotatable bonds is 3. The van der Waals surface area contributed by atoms with Crippen LogP contribution in [0.15, 0.2) is 32.7 Å². The zero-order chi connectivity index (χ0) is 16.8. The number of fused-ring (bicyclic) bond motifs is 1. The smallest absolute Gasteiger partial charge is 0.322 e. The first-order chi connectivity index (χ1) is 10.8. The summed E-state index contributed by atoms with van der Waals surface area (Å²) in [5, 5.41) is 9.14. The zero-order valence-corrected chi connectivity index (χ0v) is 12.6. The average Bonchev–Trinajstić information content (AvgIpc) is 2.98. The lowest BCUT2D eigenvalue weighted by atomic mass is 10.2. The Labute approximate surface area is 129 Å². The third kappa shape index (κ3) is 2.55. The number of H-pyrrole nitrogens is 2. The predicted octanol–water partition coefficient (Wildman–Crippen LogP) is -0.546. The molecule has 1 aliphatic heterocycles. The van der Waals surface area contributed by atoms with E-state index in [9.17, 15) is 22.8 Å². The summed E-state index contributed by atoms with van der Waals surface area (Å²) in [4.78, 5) is 38.3. The number of benzene rings is 1. The monoisotopic (exact) mass is 339 g/mol. The van der Waals surface area contributed by atoms with E-state index in [-0.39, 0.29) is 28.9 Å². The molecule has 0 bridgehead atoms. The second-order valence-corrected chi connectivity index (χ2v) is 7.12. The van der Waals surface area contributed by atoms with Gasteiger partial charge in [-0.25, -0.2) is 8.42 Å². The van der Waals surface area contributed by atoms with E-state index in [0.29, 0.717) is 6.42 Å². The SMILES string of the molecule is O=C(O)[C@@H]1CCCN1S(=O)(=O)c1ccc2[nH]c(=O)c(=O)[nH]c2c1. The van der Waals surface area contributed by atoms with Crippen molar-refractivity contribution in [1.29, 1.82) is 0 Å². The van der Waals surface area contributed by atoms with Crippen LogP contribution < -0.4 is 11.1 Å². The van der Waals surface area contributed by atoms with Gasteiger partial charge in [-0.15, -0.1) is 0 Å². The first-order valence-corrected chi connectivity index (χ1v) is 8.26. The maximum Gasteiger partial charge on any atom is 0.322 e. The molecule has 1 aromatic heterocycles. The van der Waals surface area contributed by atoms with Crippen molar-refractivity contribution >= 4 is 27.0 Å². The van der Waals surface area contributed by atoms with Gasteiger partial charge in [0.2, 0.25) is 10.0 Å². The van der Waals surface area contributed by atoms with Crippen LogP contribution in [0.25, 0.3) is 11.0 Å². The highest BCUT2D eigenvalue weighted by atomic mass is 32.2. The lowest BCUT2D eigenvalue weighted by Gasteiger charge is -2.21. The summed E-state index contributed by atoms with van der Waals surface area (Å²) >= 11 is 0. The number of aromatic nitrogens is 2. The van der Waals surface area contributed by atoms with Crippen LogP contribution in [-0.4, -0.2) is 46.4 Å². The quantitative estimate of drug-likeness (QED) is 0.641. The minimum atomic E-state index is -4.01. The van der Waals surface area contributed by atoms with Crippen LogP contribution in [0.5, 0.6) is 0 Å². The maximum atomic E-state index is 12.6. The molecule has 0 unspecified atom stereocenters. The summed E-state index contributed by atoms with van der Waals surface area (Å²) < 4.78 is 26.2. The van der Waals surface area contributed by atoms with E-state index >= 15 is 0 Å². The second kappa shape index (κ2) is 5.32. The van der Waals surface area contributed by atoms with E-state index in [4.69, 9.17) is 5.11 Å². The molecule has 0 radical (unpaired) electrons. The molecular formula is C13H13N3O6S. The Bertz CT molecular complexity index is 1010. The van der Waals surface area contributed by atoms with Gasteiger partial charge in [-0.2, -0.15) is 4.31 Å². The molecule has 0 amide bonds. The molecule has 1 atom stereocenters. The molecule has 0 saturated carbocycles. The molecule has 2 heterocycles. The van der Waals surface area contributed by atoms with Crippen LogP contribution in [-0.2, 0) is 14.8 Å². The van der Waals surface area contributed by atoms with Crippen molar-refractivity contribution in [2.24, 2.45) is 0 Å². The fraction of sp³-hybridized carbons (Fsp3) is 0.308. The number of hydrogen-bond acceptors (Lipinski definition) is 5. The van der Waals surface area contributed by atoms with Gasteiger partial charge in [-0.05, 0) is 31.0 Å². The Morgan fingerprint density at radius 1 is 1.17 bits per heavy atom. The zero-order valence-electron chi connectivity index (χ0n) is 11.8. The van der Waals surface area contributed by atoms with E-state index in [0.717, 1.165) is 4.31 Å². The second-order valence-electron chi connectivity index (χ2n) is 5.23. The molecule has 1 aromatic carbocycles. The molecule has 23 heavy (non-hydrogen) atoms. The molecule has 0 aliphatic carbocycles. The minimum absolute atomic E-state index is 0.124. The van der Waals surface area contributed by atoms with Crippen molar-refractivity contribution in [3.05, 3.63) is 38.9 Å². The first-order valence-electron chi connectivity index (χ1n) is 6.82. The van der Waals surface area contributed by atoms with Gasteiger partial charge in [0.25, 0.3) is 0 Å². The molecule has 1 aliphatic rings. The van der Waals surface area contributed by atoms with E-state index in [1.165, 1.54) is 18.2 Å². The summed E-state index contributed by atoms with van der Waals surface area (Å²) in [6, 6.07) is 2.73. The molecule has 2 aromatic rings. The third-order valence-corrected chi connectivity index (χ3v) is 5.69. The van der Waals surface area contributed by atoms with Crippen LogP contribution >= 0.6 is 0 Å². The van der Waals surface area contributed by atoms with Gasteiger partial charge in [0.15, 0.2) is 0 Å². The molecule has 9 nitrogen and oxygen atoms in total. The molecule has 3 rings (SSSR count). The van der Waals surface area contributed by atoms with Gasteiger partial charge in [-0.1, -0.05) is 0 Å². The van der Waals surface area contributed by atoms with Crippen LogP contribution in [0, 0.1) is 0 Å². The van der Waals surface area contributed by atoms with Gasteiger partial charge in [-0.3, -0.25) is 14.4 Å². The van der Waals surface area contributed by atoms with E-state index in [1.54, 1.807) is 0 Å². The number of carbonyl (C=O) groups is 1. The number of nitrogens with zero attached hydrogens (tertiary/aromatic N) is 1. The van der Waals surface area contributed by atoms with Gasteiger partial charge in [0, 0.05) is 6.54 Å². The van der Waals surface area contributed by atoms with Crippen molar-refractivity contribution in [3.63, 3.8) is 0 Å².